The van der Waals surface area contributed by atoms with Crippen LogP contribution in [-0.2, 0) is 4.79 Å². The van der Waals surface area contributed by atoms with E-state index in [4.69, 9.17) is 20.6 Å². The first kappa shape index (κ1) is 18.4. The fourth-order valence-electron chi connectivity index (χ4n) is 3.04. The van der Waals surface area contributed by atoms with Crippen molar-refractivity contribution in [3.8, 4) is 29.6 Å². The smallest absolute Gasteiger partial charge is 0.284 e. The Morgan fingerprint density at radius 1 is 1.17 bits per heavy atom. The number of ether oxygens (including phenoxy) is 3. The molecule has 0 saturated heterocycles. The van der Waals surface area contributed by atoms with Crippen molar-refractivity contribution in [2.75, 3.05) is 13.2 Å². The summed E-state index contributed by atoms with van der Waals surface area (Å²) in [5.41, 5.74) is 3.24. The summed E-state index contributed by atoms with van der Waals surface area (Å²) in [6.07, 6.45) is 6.06. The Labute approximate surface area is 168 Å². The molecule has 0 aliphatic carbocycles. The number of nitrogens with one attached hydrogen (secondary N) is 1. The molecule has 1 aliphatic rings. The van der Waals surface area contributed by atoms with E-state index in [2.05, 4.69) is 16.4 Å². The predicted molar refractivity (Wildman–Crippen MR) is 110 cm³/mol. The molecule has 144 valence electrons. The van der Waals surface area contributed by atoms with Crippen LogP contribution >= 0.6 is 0 Å². The summed E-state index contributed by atoms with van der Waals surface area (Å²) in [5.74, 6) is 3.78. The molecule has 0 saturated carbocycles. The van der Waals surface area contributed by atoms with Crippen molar-refractivity contribution in [1.29, 1.82) is 0 Å². The number of hydrogen-bond acceptors (Lipinski definition) is 5. The third-order valence-corrected chi connectivity index (χ3v) is 4.41. The van der Waals surface area contributed by atoms with E-state index in [1.165, 1.54) is 0 Å². The van der Waals surface area contributed by atoms with Gasteiger partial charge in [0.2, 0.25) is 6.10 Å². The lowest BCUT2D eigenvalue weighted by molar-refractivity contribution is -0.130. The lowest BCUT2D eigenvalue weighted by Crippen LogP contribution is -2.42. The number of amides is 1. The molecule has 3 aromatic rings. The van der Waals surface area contributed by atoms with Crippen LogP contribution in [0.4, 0.5) is 0 Å². The minimum Gasteiger partial charge on any atom is -0.485 e. The Kier molecular flexibility index (Phi) is 5.30. The maximum atomic E-state index is 12.4. The Hall–Kier alpha value is -3.98. The van der Waals surface area contributed by atoms with Gasteiger partial charge < -0.3 is 14.2 Å². The van der Waals surface area contributed by atoms with Crippen molar-refractivity contribution >= 4 is 22.9 Å². The zero-order chi connectivity index (χ0) is 20.1. The number of rotatable bonds is 5. The SMILES string of the molecule is C#CCOc1ccc2ccccc2c1/C=N\NC(=O)[C@H]1COc2ccccc2O1. The Balaban J connectivity index is 1.51. The van der Waals surface area contributed by atoms with Gasteiger partial charge in [-0.3, -0.25) is 4.79 Å². The number of hydrogen-bond donors (Lipinski definition) is 1. The van der Waals surface area contributed by atoms with Gasteiger partial charge in [0.15, 0.2) is 11.5 Å². The average molecular weight is 386 g/mol. The van der Waals surface area contributed by atoms with Crippen LogP contribution in [0.15, 0.2) is 65.8 Å². The molecule has 3 aromatic carbocycles. The molecule has 0 aromatic heterocycles. The van der Waals surface area contributed by atoms with Crippen LogP contribution in [0.5, 0.6) is 17.2 Å². The minimum atomic E-state index is -0.785. The molecule has 29 heavy (non-hydrogen) atoms. The second-order valence-corrected chi connectivity index (χ2v) is 6.29. The van der Waals surface area contributed by atoms with Crippen molar-refractivity contribution in [2.45, 2.75) is 6.10 Å². The molecule has 1 amide bonds. The first-order valence-corrected chi connectivity index (χ1v) is 9.05. The molecule has 0 radical (unpaired) electrons. The predicted octanol–water partition coefficient (Wildman–Crippen LogP) is 3.14. The largest absolute Gasteiger partial charge is 0.485 e. The molecule has 6 heteroatoms. The van der Waals surface area contributed by atoms with E-state index in [1.807, 2.05) is 48.5 Å². The van der Waals surface area contributed by atoms with E-state index in [0.29, 0.717) is 17.2 Å². The molecule has 0 fully saturated rings. The Bertz CT molecular complexity index is 1120. The highest BCUT2D eigenvalue weighted by Crippen LogP contribution is 2.31. The number of carbonyl (C=O) groups is 1. The number of carbonyl (C=O) groups excluding carboxylic acids is 1. The van der Waals surface area contributed by atoms with Crippen LogP contribution in [-0.4, -0.2) is 31.4 Å². The average Bonchev–Trinajstić information content (AvgIpc) is 2.77. The van der Waals surface area contributed by atoms with E-state index < -0.39 is 12.0 Å². The molecular formula is C23H18N2O4. The summed E-state index contributed by atoms with van der Waals surface area (Å²) in [6.45, 7) is 0.251. The van der Waals surface area contributed by atoms with E-state index in [0.717, 1.165) is 16.3 Å². The van der Waals surface area contributed by atoms with Crippen LogP contribution < -0.4 is 19.6 Å². The van der Waals surface area contributed by atoms with Crippen molar-refractivity contribution in [3.05, 3.63) is 66.2 Å². The monoisotopic (exact) mass is 386 g/mol. The van der Waals surface area contributed by atoms with Gasteiger partial charge in [-0.1, -0.05) is 48.4 Å². The minimum absolute atomic E-state index is 0.114. The number of para-hydroxylation sites is 2. The fraction of sp³-hybridized carbons (Fsp3) is 0.130. The fourth-order valence-corrected chi connectivity index (χ4v) is 3.04. The van der Waals surface area contributed by atoms with E-state index in [9.17, 15) is 4.79 Å². The molecule has 1 heterocycles. The third-order valence-electron chi connectivity index (χ3n) is 4.41. The molecule has 1 aliphatic heterocycles. The molecule has 0 spiro atoms. The second kappa shape index (κ2) is 8.36. The summed E-state index contributed by atoms with van der Waals surface area (Å²) in [4.78, 5) is 12.4. The third kappa shape index (κ3) is 3.99. The maximum Gasteiger partial charge on any atom is 0.284 e. The first-order valence-electron chi connectivity index (χ1n) is 9.05. The van der Waals surface area contributed by atoms with Crippen molar-refractivity contribution < 1.29 is 19.0 Å². The van der Waals surface area contributed by atoms with Crippen LogP contribution in [0.3, 0.4) is 0 Å². The highest BCUT2D eigenvalue weighted by atomic mass is 16.6. The number of terminal acetylenes is 1. The van der Waals surface area contributed by atoms with Gasteiger partial charge in [-0.2, -0.15) is 5.10 Å². The van der Waals surface area contributed by atoms with Gasteiger partial charge in [0.1, 0.15) is 19.0 Å². The number of benzene rings is 3. The van der Waals surface area contributed by atoms with E-state index >= 15 is 0 Å². The molecule has 6 nitrogen and oxygen atoms in total. The topological polar surface area (TPSA) is 69.2 Å². The van der Waals surface area contributed by atoms with Gasteiger partial charge in [-0.25, -0.2) is 5.43 Å². The molecule has 0 unspecified atom stereocenters. The van der Waals surface area contributed by atoms with Crippen LogP contribution in [0.1, 0.15) is 5.56 Å². The number of nitrogens with zero attached hydrogens (tertiary/aromatic N) is 1. The second-order valence-electron chi connectivity index (χ2n) is 6.29. The molecule has 4 rings (SSSR count). The van der Waals surface area contributed by atoms with Gasteiger partial charge >= 0.3 is 0 Å². The van der Waals surface area contributed by atoms with Crippen molar-refractivity contribution in [3.63, 3.8) is 0 Å². The Morgan fingerprint density at radius 2 is 1.97 bits per heavy atom. The van der Waals surface area contributed by atoms with E-state index in [-0.39, 0.29) is 13.2 Å². The summed E-state index contributed by atoms with van der Waals surface area (Å²) in [7, 11) is 0. The summed E-state index contributed by atoms with van der Waals surface area (Å²) in [5, 5.41) is 6.06. The molecule has 0 bridgehead atoms. The van der Waals surface area contributed by atoms with Gasteiger partial charge in [0.25, 0.3) is 5.91 Å². The molecule has 1 atom stereocenters. The highest BCUT2D eigenvalue weighted by Gasteiger charge is 2.27. The van der Waals surface area contributed by atoms with Crippen LogP contribution in [0, 0.1) is 12.3 Å². The van der Waals surface area contributed by atoms with Gasteiger partial charge in [-0.05, 0) is 29.0 Å². The standard InChI is InChI=1S/C23H18N2O4/c1-2-13-27-19-12-11-16-7-3-4-8-17(16)18(19)14-24-25-23(26)22-15-28-20-9-5-6-10-21(20)29-22/h1,3-12,14,22H,13,15H2,(H,25,26)/b24-14-/t22-/m1/s1. The molecule has 1 N–H and O–H groups in total. The van der Waals surface area contributed by atoms with Crippen LogP contribution in [0.25, 0.3) is 10.8 Å². The maximum absolute atomic E-state index is 12.4. The number of hydrazone groups is 1. The lowest BCUT2D eigenvalue weighted by Gasteiger charge is -2.24. The highest BCUT2D eigenvalue weighted by molar-refractivity contribution is 6.02. The van der Waals surface area contributed by atoms with Crippen LogP contribution in [0.2, 0.25) is 0 Å². The van der Waals surface area contributed by atoms with Crippen molar-refractivity contribution in [2.24, 2.45) is 5.10 Å². The number of fused-ring (bicyclic) bond motifs is 2. The quantitative estimate of drug-likeness (QED) is 0.416. The summed E-state index contributed by atoms with van der Waals surface area (Å²) >= 11 is 0. The molecular weight excluding hydrogens is 368 g/mol. The summed E-state index contributed by atoms with van der Waals surface area (Å²) in [6, 6.07) is 18.8. The van der Waals surface area contributed by atoms with E-state index in [1.54, 1.807) is 18.3 Å². The van der Waals surface area contributed by atoms with Crippen molar-refractivity contribution in [1.82, 2.24) is 5.43 Å². The zero-order valence-corrected chi connectivity index (χ0v) is 15.5. The normalized spacial score (nSPS) is 15.1. The van der Waals surface area contributed by atoms with Gasteiger partial charge in [-0.15, -0.1) is 6.42 Å². The zero-order valence-electron chi connectivity index (χ0n) is 15.5. The Morgan fingerprint density at radius 3 is 2.83 bits per heavy atom. The first-order chi connectivity index (χ1) is 14.3. The lowest BCUT2D eigenvalue weighted by atomic mass is 10.0. The van der Waals surface area contributed by atoms with Gasteiger partial charge in [0.05, 0.1) is 6.21 Å². The summed E-state index contributed by atoms with van der Waals surface area (Å²) < 4.78 is 16.9. The van der Waals surface area contributed by atoms with Gasteiger partial charge in [0, 0.05) is 5.56 Å².